The van der Waals surface area contributed by atoms with Crippen molar-refractivity contribution >= 4 is 0 Å². The van der Waals surface area contributed by atoms with Crippen LogP contribution in [-0.2, 0) is 0 Å². The largest absolute Gasteiger partial charge is 0.306 e. The van der Waals surface area contributed by atoms with Gasteiger partial charge in [0, 0.05) is 6.54 Å². The van der Waals surface area contributed by atoms with Crippen molar-refractivity contribution in [3.63, 3.8) is 0 Å². The zero-order valence-corrected chi connectivity index (χ0v) is 7.48. The van der Waals surface area contributed by atoms with E-state index in [-0.39, 0.29) is 0 Å². The Morgan fingerprint density at radius 1 is 1.30 bits per heavy atom. The van der Waals surface area contributed by atoms with Crippen molar-refractivity contribution in [2.75, 3.05) is 20.1 Å². The molecule has 0 aromatic carbocycles. The van der Waals surface area contributed by atoms with Gasteiger partial charge in [-0.2, -0.15) is 0 Å². The molecule has 0 atom stereocenters. The van der Waals surface area contributed by atoms with E-state index in [2.05, 4.69) is 25.8 Å². The van der Waals surface area contributed by atoms with E-state index in [0.717, 1.165) is 0 Å². The van der Waals surface area contributed by atoms with Crippen LogP contribution in [0.1, 0.15) is 33.1 Å². The van der Waals surface area contributed by atoms with Crippen LogP contribution in [0.15, 0.2) is 0 Å². The highest BCUT2D eigenvalue weighted by Crippen LogP contribution is 2.35. The van der Waals surface area contributed by atoms with Crippen molar-refractivity contribution in [2.45, 2.75) is 33.1 Å². The Morgan fingerprint density at radius 3 is 2.10 bits per heavy atom. The molecule has 1 aliphatic rings. The average Bonchev–Trinajstić information content (AvgIpc) is 2.33. The minimum atomic E-state index is 0.675. The van der Waals surface area contributed by atoms with Crippen molar-refractivity contribution in [3.05, 3.63) is 0 Å². The first kappa shape index (κ1) is 8.06. The average molecular weight is 141 g/mol. The lowest BCUT2D eigenvalue weighted by atomic mass is 9.82. The van der Waals surface area contributed by atoms with Crippen molar-refractivity contribution in [1.82, 2.24) is 4.90 Å². The van der Waals surface area contributed by atoms with Crippen LogP contribution in [0.2, 0.25) is 0 Å². The van der Waals surface area contributed by atoms with Gasteiger partial charge < -0.3 is 4.90 Å². The Morgan fingerprint density at radius 2 is 1.90 bits per heavy atom. The highest BCUT2D eigenvalue weighted by molar-refractivity contribution is 4.86. The molecule has 1 heterocycles. The van der Waals surface area contributed by atoms with Gasteiger partial charge in [0.05, 0.1) is 0 Å². The standard InChI is InChI=1S/C9H19N/c1-4-9(5-2)6-7-10(3)8-9/h4-8H2,1-3H3. The maximum Gasteiger partial charge on any atom is 0.00352 e. The van der Waals surface area contributed by atoms with E-state index >= 15 is 0 Å². The van der Waals surface area contributed by atoms with E-state index in [9.17, 15) is 0 Å². The van der Waals surface area contributed by atoms with Gasteiger partial charge in [-0.25, -0.2) is 0 Å². The van der Waals surface area contributed by atoms with Crippen LogP contribution in [0.5, 0.6) is 0 Å². The fourth-order valence-electron chi connectivity index (χ4n) is 1.99. The Bertz CT molecular complexity index is 105. The van der Waals surface area contributed by atoms with E-state index in [1.165, 1.54) is 32.4 Å². The number of hydrogen-bond donors (Lipinski definition) is 0. The first-order chi connectivity index (χ1) is 4.72. The van der Waals surface area contributed by atoms with Gasteiger partial charge in [-0.3, -0.25) is 0 Å². The summed E-state index contributed by atoms with van der Waals surface area (Å²) in [6.07, 6.45) is 4.12. The molecule has 0 aromatic rings. The van der Waals surface area contributed by atoms with Crippen LogP contribution in [0, 0.1) is 5.41 Å². The number of rotatable bonds is 2. The van der Waals surface area contributed by atoms with Crippen LogP contribution < -0.4 is 0 Å². The van der Waals surface area contributed by atoms with E-state index < -0.39 is 0 Å². The molecule has 1 aliphatic heterocycles. The minimum absolute atomic E-state index is 0.675. The van der Waals surface area contributed by atoms with Gasteiger partial charge in [0.2, 0.25) is 0 Å². The molecule has 0 aliphatic carbocycles. The molecular formula is C9H19N. The van der Waals surface area contributed by atoms with Crippen LogP contribution in [0.3, 0.4) is 0 Å². The SMILES string of the molecule is CCC1(CC)CCN(C)C1. The summed E-state index contributed by atoms with van der Waals surface area (Å²) in [5.41, 5.74) is 0.675. The van der Waals surface area contributed by atoms with Gasteiger partial charge in [-0.05, 0) is 38.3 Å². The summed E-state index contributed by atoms with van der Waals surface area (Å²) >= 11 is 0. The highest BCUT2D eigenvalue weighted by Gasteiger charge is 2.32. The molecule has 0 unspecified atom stereocenters. The lowest BCUT2D eigenvalue weighted by Gasteiger charge is -2.25. The molecule has 1 fully saturated rings. The lowest BCUT2D eigenvalue weighted by molar-refractivity contribution is 0.261. The summed E-state index contributed by atoms with van der Waals surface area (Å²) in [6.45, 7) is 7.27. The Hall–Kier alpha value is -0.0400. The Labute approximate surface area is 64.4 Å². The molecule has 0 spiro atoms. The Kier molecular flexibility index (Phi) is 2.35. The van der Waals surface area contributed by atoms with Crippen molar-refractivity contribution in [1.29, 1.82) is 0 Å². The topological polar surface area (TPSA) is 3.24 Å². The van der Waals surface area contributed by atoms with Crippen LogP contribution in [0.25, 0.3) is 0 Å². The van der Waals surface area contributed by atoms with E-state index in [1.807, 2.05) is 0 Å². The summed E-state index contributed by atoms with van der Waals surface area (Å²) in [5, 5.41) is 0. The van der Waals surface area contributed by atoms with Crippen molar-refractivity contribution in [2.24, 2.45) is 5.41 Å². The maximum absolute atomic E-state index is 2.45. The molecule has 60 valence electrons. The van der Waals surface area contributed by atoms with Crippen LogP contribution in [0.4, 0.5) is 0 Å². The molecule has 0 saturated carbocycles. The highest BCUT2D eigenvalue weighted by atomic mass is 15.1. The number of nitrogens with zero attached hydrogens (tertiary/aromatic N) is 1. The molecule has 0 N–H and O–H groups in total. The summed E-state index contributed by atoms with van der Waals surface area (Å²) in [4.78, 5) is 2.45. The van der Waals surface area contributed by atoms with Gasteiger partial charge in [-0.15, -0.1) is 0 Å². The fraction of sp³-hybridized carbons (Fsp3) is 1.00. The predicted octanol–water partition coefficient (Wildman–Crippen LogP) is 2.13. The zero-order valence-electron chi connectivity index (χ0n) is 7.48. The normalized spacial score (nSPS) is 25.5. The van der Waals surface area contributed by atoms with Crippen molar-refractivity contribution < 1.29 is 0 Å². The first-order valence-electron chi connectivity index (χ1n) is 4.41. The minimum Gasteiger partial charge on any atom is -0.306 e. The molecule has 1 nitrogen and oxygen atoms in total. The molecule has 0 radical (unpaired) electrons. The van der Waals surface area contributed by atoms with Crippen LogP contribution >= 0.6 is 0 Å². The lowest BCUT2D eigenvalue weighted by Crippen LogP contribution is -2.23. The van der Waals surface area contributed by atoms with E-state index in [1.54, 1.807) is 0 Å². The molecule has 0 bridgehead atoms. The molecule has 0 amide bonds. The monoisotopic (exact) mass is 141 g/mol. The Balaban J connectivity index is 2.51. The number of hydrogen-bond acceptors (Lipinski definition) is 1. The molecule has 1 rings (SSSR count). The quantitative estimate of drug-likeness (QED) is 0.569. The summed E-state index contributed by atoms with van der Waals surface area (Å²) < 4.78 is 0. The molecule has 1 heteroatoms. The van der Waals surface area contributed by atoms with E-state index in [0.29, 0.717) is 5.41 Å². The molecule has 1 saturated heterocycles. The summed E-state index contributed by atoms with van der Waals surface area (Å²) in [7, 11) is 2.23. The third-order valence-electron chi connectivity index (χ3n) is 3.13. The molecule has 10 heavy (non-hydrogen) atoms. The van der Waals surface area contributed by atoms with Gasteiger partial charge in [0.15, 0.2) is 0 Å². The molecule has 0 aromatic heterocycles. The third-order valence-corrected chi connectivity index (χ3v) is 3.13. The third kappa shape index (κ3) is 1.34. The van der Waals surface area contributed by atoms with E-state index in [4.69, 9.17) is 0 Å². The van der Waals surface area contributed by atoms with Gasteiger partial charge in [0.1, 0.15) is 0 Å². The van der Waals surface area contributed by atoms with Crippen LogP contribution in [-0.4, -0.2) is 25.0 Å². The molecular weight excluding hydrogens is 122 g/mol. The maximum atomic E-state index is 2.45. The first-order valence-corrected chi connectivity index (χ1v) is 4.41. The van der Waals surface area contributed by atoms with Gasteiger partial charge >= 0.3 is 0 Å². The fourth-order valence-corrected chi connectivity index (χ4v) is 1.99. The number of likely N-dealkylation sites (tertiary alicyclic amines) is 1. The summed E-state index contributed by atoms with van der Waals surface area (Å²) in [5.74, 6) is 0. The predicted molar refractivity (Wildman–Crippen MR) is 45.1 cm³/mol. The second-order valence-electron chi connectivity index (χ2n) is 3.69. The zero-order chi connectivity index (χ0) is 7.61. The second kappa shape index (κ2) is 2.91. The van der Waals surface area contributed by atoms with Crippen molar-refractivity contribution in [3.8, 4) is 0 Å². The van der Waals surface area contributed by atoms with Gasteiger partial charge in [0.25, 0.3) is 0 Å². The second-order valence-corrected chi connectivity index (χ2v) is 3.69. The summed E-state index contributed by atoms with van der Waals surface area (Å²) in [6, 6.07) is 0. The van der Waals surface area contributed by atoms with Gasteiger partial charge in [-0.1, -0.05) is 13.8 Å². The smallest absolute Gasteiger partial charge is 0.00352 e.